The average molecular weight is 321 g/mol. The molecule has 1 aromatic carbocycles. The van der Waals surface area contributed by atoms with Gasteiger partial charge < -0.3 is 19.5 Å². The first-order chi connectivity index (χ1) is 10.9. The van der Waals surface area contributed by atoms with Crippen molar-refractivity contribution >= 4 is 23.9 Å². The lowest BCUT2D eigenvalue weighted by Gasteiger charge is -2.10. The fourth-order valence-corrected chi connectivity index (χ4v) is 1.73. The smallest absolute Gasteiger partial charge is 0.354 e. The summed E-state index contributed by atoms with van der Waals surface area (Å²) in [7, 11) is 1.44. The van der Waals surface area contributed by atoms with Crippen molar-refractivity contribution in [1.29, 1.82) is 0 Å². The summed E-state index contributed by atoms with van der Waals surface area (Å²) < 4.78 is 15.0. The van der Waals surface area contributed by atoms with Gasteiger partial charge in [0.2, 0.25) is 5.91 Å². The summed E-state index contributed by atoms with van der Waals surface area (Å²) in [5.41, 5.74) is 0.511. The Morgan fingerprint density at radius 3 is 2.39 bits per heavy atom. The Hall–Kier alpha value is -2.83. The van der Waals surface area contributed by atoms with E-state index in [2.05, 4.69) is 5.32 Å². The number of carbonyl (C=O) groups excluding carboxylic acids is 3. The molecule has 0 aliphatic heterocycles. The SMILES string of the molecule is CCOC(=O)C(=Cc1ccc(OC)c(OC(C)=O)c1)NC(C)=O. The summed E-state index contributed by atoms with van der Waals surface area (Å²) in [5, 5.41) is 2.41. The van der Waals surface area contributed by atoms with Gasteiger partial charge in [0, 0.05) is 13.8 Å². The third-order valence-corrected chi connectivity index (χ3v) is 2.56. The lowest BCUT2D eigenvalue weighted by Crippen LogP contribution is -2.26. The molecule has 1 rings (SSSR count). The molecule has 1 amide bonds. The van der Waals surface area contributed by atoms with Crippen LogP contribution in [-0.2, 0) is 19.1 Å². The standard InChI is InChI=1S/C16H19NO6/c1-5-22-16(20)13(17-10(2)18)8-12-6-7-14(21-4)15(9-12)23-11(3)19/h6-9H,5H2,1-4H3,(H,17,18). The van der Waals surface area contributed by atoms with Crippen LogP contribution in [0.4, 0.5) is 0 Å². The molecule has 0 bridgehead atoms. The van der Waals surface area contributed by atoms with Gasteiger partial charge >= 0.3 is 11.9 Å². The molecular weight excluding hydrogens is 302 g/mol. The van der Waals surface area contributed by atoms with E-state index in [4.69, 9.17) is 14.2 Å². The maximum atomic E-state index is 11.9. The highest BCUT2D eigenvalue weighted by molar-refractivity contribution is 5.97. The van der Waals surface area contributed by atoms with Crippen LogP contribution in [0.5, 0.6) is 11.5 Å². The molecule has 0 saturated carbocycles. The van der Waals surface area contributed by atoms with E-state index in [9.17, 15) is 14.4 Å². The first kappa shape index (κ1) is 18.2. The van der Waals surface area contributed by atoms with Gasteiger partial charge in [0.1, 0.15) is 5.70 Å². The number of methoxy groups -OCH3 is 1. The van der Waals surface area contributed by atoms with E-state index in [0.717, 1.165) is 0 Å². The minimum Gasteiger partial charge on any atom is -0.493 e. The van der Waals surface area contributed by atoms with Crippen LogP contribution in [0.3, 0.4) is 0 Å². The number of esters is 2. The maximum absolute atomic E-state index is 11.9. The molecule has 124 valence electrons. The molecule has 0 saturated heterocycles. The molecular formula is C16H19NO6. The van der Waals surface area contributed by atoms with Crippen molar-refractivity contribution in [3.63, 3.8) is 0 Å². The average Bonchev–Trinajstić information content (AvgIpc) is 2.46. The van der Waals surface area contributed by atoms with Gasteiger partial charge in [-0.25, -0.2) is 4.79 Å². The summed E-state index contributed by atoms with van der Waals surface area (Å²) in [4.78, 5) is 34.2. The molecule has 1 N–H and O–H groups in total. The topological polar surface area (TPSA) is 90.9 Å². The van der Waals surface area contributed by atoms with Gasteiger partial charge in [0.15, 0.2) is 11.5 Å². The predicted octanol–water partition coefficient (Wildman–Crippen LogP) is 1.66. The number of hydrogen-bond donors (Lipinski definition) is 1. The fraction of sp³-hybridized carbons (Fsp3) is 0.312. The number of rotatable bonds is 6. The molecule has 0 aromatic heterocycles. The monoisotopic (exact) mass is 321 g/mol. The van der Waals surface area contributed by atoms with Crippen LogP contribution in [0.15, 0.2) is 23.9 Å². The highest BCUT2D eigenvalue weighted by Crippen LogP contribution is 2.29. The molecule has 7 heteroatoms. The third kappa shape index (κ3) is 5.82. The molecule has 1 aromatic rings. The summed E-state index contributed by atoms with van der Waals surface area (Å²) in [6, 6.07) is 4.74. The number of ether oxygens (including phenoxy) is 3. The quantitative estimate of drug-likeness (QED) is 0.487. The Morgan fingerprint density at radius 1 is 1.17 bits per heavy atom. The van der Waals surface area contributed by atoms with Crippen molar-refractivity contribution in [2.75, 3.05) is 13.7 Å². The predicted molar refractivity (Wildman–Crippen MR) is 82.7 cm³/mol. The lowest BCUT2D eigenvalue weighted by atomic mass is 10.1. The summed E-state index contributed by atoms with van der Waals surface area (Å²) >= 11 is 0. The van der Waals surface area contributed by atoms with Gasteiger partial charge in [-0.3, -0.25) is 9.59 Å². The van der Waals surface area contributed by atoms with Crippen LogP contribution in [0.25, 0.3) is 6.08 Å². The summed E-state index contributed by atoms with van der Waals surface area (Å²) in [5.74, 6) is -0.989. The van der Waals surface area contributed by atoms with E-state index < -0.39 is 17.8 Å². The number of benzene rings is 1. The summed E-state index contributed by atoms with van der Waals surface area (Å²) in [6.45, 7) is 4.39. The van der Waals surface area contributed by atoms with Gasteiger partial charge in [-0.1, -0.05) is 6.07 Å². The zero-order valence-corrected chi connectivity index (χ0v) is 13.5. The van der Waals surface area contributed by atoms with Gasteiger partial charge in [0.25, 0.3) is 0 Å². The van der Waals surface area contributed by atoms with Gasteiger partial charge in [-0.05, 0) is 30.7 Å². The maximum Gasteiger partial charge on any atom is 0.354 e. The van der Waals surface area contributed by atoms with Crippen molar-refractivity contribution in [2.45, 2.75) is 20.8 Å². The zero-order chi connectivity index (χ0) is 17.4. The molecule has 0 unspecified atom stereocenters. The van der Waals surface area contributed by atoms with Crippen LogP contribution >= 0.6 is 0 Å². The number of carbonyl (C=O) groups is 3. The van der Waals surface area contributed by atoms with Crippen molar-refractivity contribution in [1.82, 2.24) is 5.32 Å². The molecule has 0 aliphatic rings. The first-order valence-corrected chi connectivity index (χ1v) is 6.90. The van der Waals surface area contributed by atoms with Crippen molar-refractivity contribution in [2.24, 2.45) is 0 Å². The van der Waals surface area contributed by atoms with E-state index in [-0.39, 0.29) is 18.1 Å². The van der Waals surface area contributed by atoms with Crippen LogP contribution in [0.1, 0.15) is 26.3 Å². The highest BCUT2D eigenvalue weighted by atomic mass is 16.6. The molecule has 23 heavy (non-hydrogen) atoms. The molecule has 0 fully saturated rings. The molecule has 0 radical (unpaired) electrons. The highest BCUT2D eigenvalue weighted by Gasteiger charge is 2.13. The Bertz CT molecular complexity index is 635. The second-order valence-electron chi connectivity index (χ2n) is 4.46. The van der Waals surface area contributed by atoms with E-state index in [1.165, 1.54) is 33.1 Å². The molecule has 0 heterocycles. The second-order valence-corrected chi connectivity index (χ2v) is 4.46. The van der Waals surface area contributed by atoms with Crippen molar-refractivity contribution in [3.05, 3.63) is 29.5 Å². The first-order valence-electron chi connectivity index (χ1n) is 6.90. The van der Waals surface area contributed by atoms with E-state index in [1.807, 2.05) is 0 Å². The largest absolute Gasteiger partial charge is 0.493 e. The molecule has 0 spiro atoms. The third-order valence-electron chi connectivity index (χ3n) is 2.56. The Kier molecular flexibility index (Phi) is 6.79. The number of nitrogens with one attached hydrogen (secondary N) is 1. The van der Waals surface area contributed by atoms with E-state index >= 15 is 0 Å². The molecule has 0 atom stereocenters. The minimum absolute atomic E-state index is 0.0155. The second kappa shape index (κ2) is 8.57. The minimum atomic E-state index is -0.660. The fourth-order valence-electron chi connectivity index (χ4n) is 1.73. The normalized spacial score (nSPS) is 10.7. The number of amides is 1. The van der Waals surface area contributed by atoms with Gasteiger partial charge in [-0.2, -0.15) is 0 Å². The van der Waals surface area contributed by atoms with Crippen molar-refractivity contribution < 1.29 is 28.6 Å². The van der Waals surface area contributed by atoms with E-state index in [1.54, 1.807) is 19.1 Å². The Labute approximate surface area is 134 Å². The molecule has 0 aliphatic carbocycles. The van der Waals surface area contributed by atoms with Gasteiger partial charge in [0.05, 0.1) is 13.7 Å². The van der Waals surface area contributed by atoms with Crippen LogP contribution in [0, 0.1) is 0 Å². The Morgan fingerprint density at radius 2 is 1.87 bits per heavy atom. The van der Waals surface area contributed by atoms with Crippen LogP contribution in [0.2, 0.25) is 0 Å². The van der Waals surface area contributed by atoms with Crippen molar-refractivity contribution in [3.8, 4) is 11.5 Å². The molecule has 7 nitrogen and oxygen atoms in total. The van der Waals surface area contributed by atoms with Gasteiger partial charge in [-0.15, -0.1) is 0 Å². The summed E-state index contributed by atoms with van der Waals surface area (Å²) in [6.07, 6.45) is 1.42. The zero-order valence-electron chi connectivity index (χ0n) is 13.5. The van der Waals surface area contributed by atoms with Crippen LogP contribution in [-0.4, -0.2) is 31.6 Å². The lowest BCUT2D eigenvalue weighted by molar-refractivity contribution is -0.139. The van der Waals surface area contributed by atoms with E-state index in [0.29, 0.717) is 11.3 Å². The number of hydrogen-bond acceptors (Lipinski definition) is 6. The Balaban J connectivity index is 3.21. The van der Waals surface area contributed by atoms with Crippen LogP contribution < -0.4 is 14.8 Å².